The van der Waals surface area contributed by atoms with E-state index in [0.29, 0.717) is 5.76 Å². The SMILES string of the molecule is Nc1ncc(-c2cccc3c(Br)cccc23)o1. The molecular weight excluding hydrogens is 280 g/mol. The van der Waals surface area contributed by atoms with Crippen molar-refractivity contribution >= 4 is 32.7 Å². The van der Waals surface area contributed by atoms with Gasteiger partial charge in [0.1, 0.15) is 0 Å². The monoisotopic (exact) mass is 288 g/mol. The molecule has 17 heavy (non-hydrogen) atoms. The molecule has 2 N–H and O–H groups in total. The first kappa shape index (κ1) is 10.4. The van der Waals surface area contributed by atoms with Gasteiger partial charge in [0.2, 0.25) is 0 Å². The summed E-state index contributed by atoms with van der Waals surface area (Å²) in [5.74, 6) is 0.686. The lowest BCUT2D eigenvalue weighted by Crippen LogP contribution is -1.81. The summed E-state index contributed by atoms with van der Waals surface area (Å²) in [5.41, 5.74) is 6.50. The zero-order valence-corrected chi connectivity index (χ0v) is 10.4. The number of anilines is 1. The molecule has 0 aliphatic rings. The fourth-order valence-corrected chi connectivity index (χ4v) is 2.40. The molecule has 0 radical (unpaired) electrons. The molecule has 0 atom stereocenters. The molecule has 0 aliphatic carbocycles. The van der Waals surface area contributed by atoms with E-state index in [-0.39, 0.29) is 6.01 Å². The van der Waals surface area contributed by atoms with Crippen molar-refractivity contribution in [2.75, 3.05) is 5.73 Å². The maximum atomic E-state index is 5.50. The first-order valence-corrected chi connectivity index (χ1v) is 5.94. The second-order valence-corrected chi connectivity index (χ2v) is 4.56. The summed E-state index contributed by atoms with van der Waals surface area (Å²) in [7, 11) is 0. The van der Waals surface area contributed by atoms with E-state index in [4.69, 9.17) is 10.2 Å². The maximum Gasteiger partial charge on any atom is 0.292 e. The molecule has 2 aromatic carbocycles. The van der Waals surface area contributed by atoms with Gasteiger partial charge in [-0.25, -0.2) is 4.98 Å². The van der Waals surface area contributed by atoms with Crippen molar-refractivity contribution in [3.8, 4) is 11.3 Å². The minimum absolute atomic E-state index is 0.187. The van der Waals surface area contributed by atoms with Crippen molar-refractivity contribution in [2.45, 2.75) is 0 Å². The Labute approximate surface area is 106 Å². The molecule has 0 spiro atoms. The Bertz CT molecular complexity index is 691. The highest BCUT2D eigenvalue weighted by Crippen LogP contribution is 2.32. The molecule has 0 bridgehead atoms. The highest BCUT2D eigenvalue weighted by Gasteiger charge is 2.09. The zero-order valence-electron chi connectivity index (χ0n) is 8.85. The molecular formula is C13H9BrN2O. The largest absolute Gasteiger partial charge is 0.424 e. The number of aromatic nitrogens is 1. The molecule has 3 aromatic rings. The van der Waals surface area contributed by atoms with E-state index in [9.17, 15) is 0 Å². The molecule has 0 unspecified atom stereocenters. The number of oxazole rings is 1. The minimum atomic E-state index is 0.187. The van der Waals surface area contributed by atoms with Gasteiger partial charge in [-0.1, -0.05) is 46.3 Å². The quantitative estimate of drug-likeness (QED) is 0.740. The van der Waals surface area contributed by atoms with Crippen molar-refractivity contribution in [3.63, 3.8) is 0 Å². The number of nitrogen functional groups attached to an aromatic ring is 1. The van der Waals surface area contributed by atoms with E-state index < -0.39 is 0 Å². The van der Waals surface area contributed by atoms with Crippen LogP contribution in [0.3, 0.4) is 0 Å². The van der Waals surface area contributed by atoms with Crippen molar-refractivity contribution in [3.05, 3.63) is 47.1 Å². The summed E-state index contributed by atoms with van der Waals surface area (Å²) >= 11 is 3.54. The molecule has 1 aromatic heterocycles. The van der Waals surface area contributed by atoms with Crippen LogP contribution in [0.1, 0.15) is 0 Å². The Morgan fingerprint density at radius 1 is 1.06 bits per heavy atom. The van der Waals surface area contributed by atoms with Gasteiger partial charge >= 0.3 is 0 Å². The number of hydrogen-bond acceptors (Lipinski definition) is 3. The van der Waals surface area contributed by atoms with Crippen LogP contribution in [0.2, 0.25) is 0 Å². The normalized spacial score (nSPS) is 10.9. The van der Waals surface area contributed by atoms with Gasteiger partial charge in [-0.2, -0.15) is 0 Å². The fourth-order valence-electron chi connectivity index (χ4n) is 1.90. The van der Waals surface area contributed by atoms with Crippen LogP contribution in [-0.4, -0.2) is 4.98 Å². The second-order valence-electron chi connectivity index (χ2n) is 3.70. The molecule has 3 rings (SSSR count). The number of benzene rings is 2. The van der Waals surface area contributed by atoms with E-state index in [1.807, 2.05) is 30.3 Å². The number of nitrogens with zero attached hydrogens (tertiary/aromatic N) is 1. The van der Waals surface area contributed by atoms with Crippen LogP contribution in [0.4, 0.5) is 6.01 Å². The molecule has 3 nitrogen and oxygen atoms in total. The topological polar surface area (TPSA) is 52.0 Å². The smallest absolute Gasteiger partial charge is 0.292 e. The predicted octanol–water partition coefficient (Wildman–Crippen LogP) is 3.84. The Hall–Kier alpha value is -1.81. The highest BCUT2D eigenvalue weighted by molar-refractivity contribution is 9.10. The molecule has 84 valence electrons. The van der Waals surface area contributed by atoms with Gasteiger partial charge in [0, 0.05) is 10.0 Å². The van der Waals surface area contributed by atoms with Gasteiger partial charge in [-0.3, -0.25) is 0 Å². The van der Waals surface area contributed by atoms with Gasteiger partial charge in [0.25, 0.3) is 6.01 Å². The molecule has 1 heterocycles. The fraction of sp³-hybridized carbons (Fsp3) is 0. The van der Waals surface area contributed by atoms with Gasteiger partial charge in [0.05, 0.1) is 6.20 Å². The number of fused-ring (bicyclic) bond motifs is 1. The molecule has 0 aliphatic heterocycles. The molecule has 4 heteroatoms. The van der Waals surface area contributed by atoms with Crippen molar-refractivity contribution in [1.29, 1.82) is 0 Å². The molecule has 0 saturated carbocycles. The third kappa shape index (κ3) is 1.70. The van der Waals surface area contributed by atoms with Crippen LogP contribution in [0, 0.1) is 0 Å². The average molecular weight is 289 g/mol. The number of nitrogens with two attached hydrogens (primary N) is 1. The summed E-state index contributed by atoms with van der Waals surface area (Å²) < 4.78 is 6.43. The summed E-state index contributed by atoms with van der Waals surface area (Å²) in [6.45, 7) is 0. The average Bonchev–Trinajstić information content (AvgIpc) is 2.76. The zero-order chi connectivity index (χ0) is 11.8. The van der Waals surface area contributed by atoms with Crippen LogP contribution < -0.4 is 5.73 Å². The van der Waals surface area contributed by atoms with Crippen molar-refractivity contribution in [2.24, 2.45) is 0 Å². The van der Waals surface area contributed by atoms with E-state index >= 15 is 0 Å². The van der Waals surface area contributed by atoms with Gasteiger partial charge in [-0.05, 0) is 16.8 Å². The summed E-state index contributed by atoms with van der Waals surface area (Å²) in [6, 6.07) is 12.3. The van der Waals surface area contributed by atoms with Gasteiger partial charge in [0.15, 0.2) is 5.76 Å². The van der Waals surface area contributed by atoms with Crippen molar-refractivity contribution in [1.82, 2.24) is 4.98 Å². The number of halogens is 1. The van der Waals surface area contributed by atoms with E-state index in [1.165, 1.54) is 0 Å². The Kier molecular flexibility index (Phi) is 2.37. The summed E-state index contributed by atoms with van der Waals surface area (Å²) in [4.78, 5) is 3.92. The minimum Gasteiger partial charge on any atom is -0.424 e. The van der Waals surface area contributed by atoms with E-state index in [2.05, 4.69) is 27.0 Å². The Balaban J connectivity index is 2.34. The van der Waals surface area contributed by atoms with Crippen LogP contribution in [0.15, 0.2) is 51.5 Å². The first-order valence-electron chi connectivity index (χ1n) is 5.14. The van der Waals surface area contributed by atoms with Crippen LogP contribution in [0.25, 0.3) is 22.1 Å². The number of rotatable bonds is 1. The van der Waals surface area contributed by atoms with Gasteiger partial charge in [-0.15, -0.1) is 0 Å². The Morgan fingerprint density at radius 2 is 1.82 bits per heavy atom. The lowest BCUT2D eigenvalue weighted by atomic mass is 10.0. The third-order valence-corrected chi connectivity index (χ3v) is 3.35. The van der Waals surface area contributed by atoms with Gasteiger partial charge < -0.3 is 10.2 Å². The molecule has 0 amide bonds. The molecule has 0 saturated heterocycles. The summed E-state index contributed by atoms with van der Waals surface area (Å²) in [5, 5.41) is 2.25. The summed E-state index contributed by atoms with van der Waals surface area (Å²) in [6.07, 6.45) is 1.64. The maximum absolute atomic E-state index is 5.50. The highest BCUT2D eigenvalue weighted by atomic mass is 79.9. The van der Waals surface area contributed by atoms with Crippen molar-refractivity contribution < 1.29 is 4.42 Å². The standard InChI is InChI=1S/C13H9BrN2O/c14-11-6-2-3-8-9(11)4-1-5-10(8)12-7-16-13(15)17-12/h1-7H,(H2,15,16). The lowest BCUT2D eigenvalue weighted by Gasteiger charge is -2.04. The van der Waals surface area contributed by atoms with Crippen LogP contribution in [0.5, 0.6) is 0 Å². The Morgan fingerprint density at radius 3 is 2.59 bits per heavy atom. The van der Waals surface area contributed by atoms with Crippen LogP contribution in [-0.2, 0) is 0 Å². The van der Waals surface area contributed by atoms with Crippen LogP contribution >= 0.6 is 15.9 Å². The number of hydrogen-bond donors (Lipinski definition) is 1. The predicted molar refractivity (Wildman–Crippen MR) is 71.6 cm³/mol. The lowest BCUT2D eigenvalue weighted by molar-refractivity contribution is 0.595. The second kappa shape index (κ2) is 3.89. The third-order valence-electron chi connectivity index (χ3n) is 2.66. The first-order chi connectivity index (χ1) is 8.25. The van der Waals surface area contributed by atoms with E-state index in [0.717, 1.165) is 20.8 Å². The van der Waals surface area contributed by atoms with E-state index in [1.54, 1.807) is 6.20 Å². The molecule has 0 fully saturated rings.